The summed E-state index contributed by atoms with van der Waals surface area (Å²) >= 11 is 3.48. The summed E-state index contributed by atoms with van der Waals surface area (Å²) in [4.78, 5) is 15.7. The second kappa shape index (κ2) is 8.46. The van der Waals surface area contributed by atoms with Crippen LogP contribution >= 0.6 is 22.7 Å². The van der Waals surface area contributed by atoms with Crippen LogP contribution in [0.4, 0.5) is 0 Å². The average molecular weight is 390 g/mol. The van der Waals surface area contributed by atoms with Gasteiger partial charge in [-0.15, -0.1) is 22.7 Å². The molecule has 0 aliphatic rings. The standard InChI is InChI=1S/C18H23N5OS2/c1-11-12(2)24-17(22-11)9-21-18(19-4)20-8-7-14-5-6-16(26-14)15-10-25-13(3)23-15/h5-6,10H,7-9H2,1-4H3,(H2,19,20,21). The van der Waals surface area contributed by atoms with Crippen LogP contribution in [0.1, 0.15) is 27.2 Å². The van der Waals surface area contributed by atoms with E-state index in [2.05, 4.69) is 43.1 Å². The molecule has 3 aromatic rings. The van der Waals surface area contributed by atoms with E-state index in [0.29, 0.717) is 12.4 Å². The molecular weight excluding hydrogens is 366 g/mol. The zero-order chi connectivity index (χ0) is 18.5. The third-order valence-electron chi connectivity index (χ3n) is 3.90. The average Bonchev–Trinajstić information content (AvgIpc) is 3.32. The Bertz CT molecular complexity index is 874. The summed E-state index contributed by atoms with van der Waals surface area (Å²) in [5.41, 5.74) is 2.00. The van der Waals surface area contributed by atoms with Gasteiger partial charge in [-0.25, -0.2) is 9.97 Å². The van der Waals surface area contributed by atoms with Crippen LogP contribution in [-0.4, -0.2) is 29.5 Å². The monoisotopic (exact) mass is 389 g/mol. The van der Waals surface area contributed by atoms with Gasteiger partial charge in [0.1, 0.15) is 5.76 Å². The molecule has 0 saturated heterocycles. The molecule has 0 aromatic carbocycles. The summed E-state index contributed by atoms with van der Waals surface area (Å²) < 4.78 is 5.57. The lowest BCUT2D eigenvalue weighted by Gasteiger charge is -2.09. The molecule has 0 saturated carbocycles. The van der Waals surface area contributed by atoms with Gasteiger partial charge in [0.25, 0.3) is 0 Å². The van der Waals surface area contributed by atoms with E-state index in [1.807, 2.05) is 20.8 Å². The third kappa shape index (κ3) is 4.70. The molecule has 0 spiro atoms. The molecule has 0 bridgehead atoms. The van der Waals surface area contributed by atoms with Crippen LogP contribution in [-0.2, 0) is 13.0 Å². The summed E-state index contributed by atoms with van der Waals surface area (Å²) in [6, 6.07) is 4.32. The summed E-state index contributed by atoms with van der Waals surface area (Å²) in [5.74, 6) is 2.27. The van der Waals surface area contributed by atoms with Crippen molar-refractivity contribution < 1.29 is 4.42 Å². The number of thiazole rings is 1. The number of guanidine groups is 1. The van der Waals surface area contributed by atoms with Gasteiger partial charge < -0.3 is 15.1 Å². The first-order valence-corrected chi connectivity index (χ1v) is 10.1. The maximum absolute atomic E-state index is 5.57. The van der Waals surface area contributed by atoms with E-state index >= 15 is 0 Å². The van der Waals surface area contributed by atoms with Crippen molar-refractivity contribution in [3.63, 3.8) is 0 Å². The fourth-order valence-corrected chi connectivity index (χ4v) is 4.08. The summed E-state index contributed by atoms with van der Waals surface area (Å²) in [6.07, 6.45) is 0.936. The van der Waals surface area contributed by atoms with Crippen LogP contribution in [0.5, 0.6) is 0 Å². The lowest BCUT2D eigenvalue weighted by atomic mass is 10.3. The smallest absolute Gasteiger partial charge is 0.214 e. The highest BCUT2D eigenvalue weighted by atomic mass is 32.1. The summed E-state index contributed by atoms with van der Waals surface area (Å²) in [5, 5.41) is 9.76. The Morgan fingerprint density at radius 1 is 1.19 bits per heavy atom. The molecule has 0 amide bonds. The van der Waals surface area contributed by atoms with Crippen LogP contribution < -0.4 is 10.6 Å². The minimum absolute atomic E-state index is 0.515. The SMILES string of the molecule is CN=C(NCCc1ccc(-c2csc(C)n2)s1)NCc1nc(C)c(C)o1. The van der Waals surface area contributed by atoms with E-state index in [-0.39, 0.29) is 0 Å². The number of rotatable bonds is 6. The van der Waals surface area contributed by atoms with E-state index in [9.17, 15) is 0 Å². The molecule has 0 aliphatic carbocycles. The molecule has 0 aliphatic heterocycles. The van der Waals surface area contributed by atoms with E-state index in [1.165, 1.54) is 9.75 Å². The van der Waals surface area contributed by atoms with E-state index in [1.54, 1.807) is 29.7 Å². The maximum Gasteiger partial charge on any atom is 0.214 e. The predicted molar refractivity (Wildman–Crippen MR) is 108 cm³/mol. The van der Waals surface area contributed by atoms with E-state index in [4.69, 9.17) is 4.42 Å². The van der Waals surface area contributed by atoms with Crippen LogP contribution in [0.15, 0.2) is 26.9 Å². The quantitative estimate of drug-likeness (QED) is 0.497. The molecule has 138 valence electrons. The number of oxazole rings is 1. The van der Waals surface area contributed by atoms with Crippen molar-refractivity contribution in [1.29, 1.82) is 0 Å². The first-order chi connectivity index (χ1) is 12.5. The number of nitrogens with one attached hydrogen (secondary N) is 2. The lowest BCUT2D eigenvalue weighted by Crippen LogP contribution is -2.37. The Kier molecular flexibility index (Phi) is 6.05. The highest BCUT2D eigenvalue weighted by Gasteiger charge is 2.08. The molecular formula is C18H23N5OS2. The predicted octanol–water partition coefficient (Wildman–Crippen LogP) is 3.69. The Balaban J connectivity index is 1.46. The van der Waals surface area contributed by atoms with Gasteiger partial charge in [-0.3, -0.25) is 4.99 Å². The number of nitrogens with zero attached hydrogens (tertiary/aromatic N) is 3. The molecule has 3 aromatic heterocycles. The maximum atomic E-state index is 5.57. The molecule has 0 radical (unpaired) electrons. The molecule has 26 heavy (non-hydrogen) atoms. The minimum atomic E-state index is 0.515. The van der Waals surface area contributed by atoms with Gasteiger partial charge >= 0.3 is 0 Å². The molecule has 8 heteroatoms. The van der Waals surface area contributed by atoms with Gasteiger partial charge in [-0.05, 0) is 39.3 Å². The molecule has 6 nitrogen and oxygen atoms in total. The van der Waals surface area contributed by atoms with Crippen molar-refractivity contribution in [2.75, 3.05) is 13.6 Å². The largest absolute Gasteiger partial charge is 0.444 e. The van der Waals surface area contributed by atoms with E-state index in [0.717, 1.165) is 41.1 Å². The molecule has 3 rings (SSSR count). The van der Waals surface area contributed by atoms with Gasteiger partial charge in [0.05, 0.1) is 27.8 Å². The topological polar surface area (TPSA) is 75.3 Å². The van der Waals surface area contributed by atoms with Gasteiger partial charge in [-0.1, -0.05) is 0 Å². The Hall–Kier alpha value is -2.19. The van der Waals surface area contributed by atoms with Crippen molar-refractivity contribution in [2.24, 2.45) is 4.99 Å². The van der Waals surface area contributed by atoms with Gasteiger partial charge in [0.2, 0.25) is 5.89 Å². The minimum Gasteiger partial charge on any atom is -0.444 e. The van der Waals surface area contributed by atoms with Crippen LogP contribution in [0.3, 0.4) is 0 Å². The van der Waals surface area contributed by atoms with Crippen LogP contribution in [0, 0.1) is 20.8 Å². The van der Waals surface area contributed by atoms with E-state index < -0.39 is 0 Å². The van der Waals surface area contributed by atoms with Crippen molar-refractivity contribution in [3.05, 3.63) is 44.7 Å². The zero-order valence-corrected chi connectivity index (χ0v) is 17.1. The van der Waals surface area contributed by atoms with Crippen LogP contribution in [0.2, 0.25) is 0 Å². The normalized spacial score (nSPS) is 11.8. The Labute approximate surface area is 161 Å². The number of hydrogen-bond acceptors (Lipinski definition) is 6. The summed E-state index contributed by atoms with van der Waals surface area (Å²) in [7, 11) is 1.76. The Morgan fingerprint density at radius 3 is 2.69 bits per heavy atom. The molecule has 0 atom stereocenters. The fourth-order valence-electron chi connectivity index (χ4n) is 2.43. The number of aliphatic imine (C=N–C) groups is 1. The number of thiophene rings is 1. The lowest BCUT2D eigenvalue weighted by molar-refractivity contribution is 0.464. The first kappa shape index (κ1) is 18.6. The van der Waals surface area contributed by atoms with Gasteiger partial charge in [0, 0.05) is 23.8 Å². The molecule has 3 heterocycles. The Morgan fingerprint density at radius 2 is 2.04 bits per heavy atom. The molecule has 0 unspecified atom stereocenters. The van der Waals surface area contributed by atoms with Crippen molar-refractivity contribution in [3.8, 4) is 10.6 Å². The number of aromatic nitrogens is 2. The van der Waals surface area contributed by atoms with Gasteiger partial charge in [0.15, 0.2) is 5.96 Å². The molecule has 2 N–H and O–H groups in total. The number of hydrogen-bond donors (Lipinski definition) is 2. The summed E-state index contributed by atoms with van der Waals surface area (Å²) in [6.45, 7) is 7.21. The first-order valence-electron chi connectivity index (χ1n) is 8.44. The highest BCUT2D eigenvalue weighted by Crippen LogP contribution is 2.29. The highest BCUT2D eigenvalue weighted by molar-refractivity contribution is 7.16. The van der Waals surface area contributed by atoms with Crippen molar-refractivity contribution in [1.82, 2.24) is 20.6 Å². The van der Waals surface area contributed by atoms with Crippen molar-refractivity contribution >= 4 is 28.6 Å². The molecule has 0 fully saturated rings. The van der Waals surface area contributed by atoms with Crippen LogP contribution in [0.25, 0.3) is 10.6 Å². The van der Waals surface area contributed by atoms with Gasteiger partial charge in [-0.2, -0.15) is 0 Å². The number of aryl methyl sites for hydroxylation is 3. The van der Waals surface area contributed by atoms with Crippen molar-refractivity contribution in [2.45, 2.75) is 33.7 Å². The third-order valence-corrected chi connectivity index (χ3v) is 5.84. The zero-order valence-electron chi connectivity index (χ0n) is 15.4. The second-order valence-electron chi connectivity index (χ2n) is 5.87. The second-order valence-corrected chi connectivity index (χ2v) is 8.10. The fraction of sp³-hybridized carbons (Fsp3) is 0.389.